The molecule has 0 fully saturated rings. The van der Waals surface area contributed by atoms with Crippen molar-refractivity contribution in [1.82, 2.24) is 0 Å². The van der Waals surface area contributed by atoms with Gasteiger partial charge in [0.05, 0.1) is 0 Å². The van der Waals surface area contributed by atoms with Crippen molar-refractivity contribution in [1.29, 1.82) is 0 Å². The van der Waals surface area contributed by atoms with Gasteiger partial charge in [-0.25, -0.2) is 0 Å². The SMILES string of the molecule is CCCCC/C=C\C/C=C\CCCCCCCC(=O)OCC(COC(=O)CCCCCCCCCCCCCCCCCCCCCCCCCCC)OC(=O)CCCCCCCCCCCCCCCCCCCCCCCCCC. The van der Waals surface area contributed by atoms with Crippen LogP contribution in [-0.2, 0) is 28.6 Å². The molecular weight excluding hydrogens is 1010 g/mol. The van der Waals surface area contributed by atoms with Crippen LogP contribution < -0.4 is 0 Å². The highest BCUT2D eigenvalue weighted by atomic mass is 16.6. The van der Waals surface area contributed by atoms with Crippen LogP contribution in [0.5, 0.6) is 0 Å². The molecule has 1 atom stereocenters. The molecule has 0 saturated heterocycles. The number of hydrogen-bond donors (Lipinski definition) is 0. The molecular formula is C76H144O6. The summed E-state index contributed by atoms with van der Waals surface area (Å²) in [4.78, 5) is 38.5. The zero-order valence-electron chi connectivity index (χ0n) is 55.8. The second kappa shape index (κ2) is 71.4. The normalized spacial score (nSPS) is 12.1. The van der Waals surface area contributed by atoms with E-state index >= 15 is 0 Å². The molecule has 0 aromatic heterocycles. The van der Waals surface area contributed by atoms with Crippen LogP contribution >= 0.6 is 0 Å². The summed E-state index contributed by atoms with van der Waals surface area (Å²) in [6.45, 7) is 6.70. The number of ether oxygens (including phenoxy) is 3. The third kappa shape index (κ3) is 68.7. The number of allylic oxidation sites excluding steroid dienone is 4. The lowest BCUT2D eigenvalue weighted by molar-refractivity contribution is -0.167. The average Bonchev–Trinajstić information content (AvgIpc) is 3.48. The van der Waals surface area contributed by atoms with Crippen molar-refractivity contribution in [2.24, 2.45) is 0 Å². The zero-order valence-corrected chi connectivity index (χ0v) is 55.8. The van der Waals surface area contributed by atoms with Crippen LogP contribution in [0, 0.1) is 0 Å². The molecule has 0 aromatic carbocycles. The minimum Gasteiger partial charge on any atom is -0.462 e. The van der Waals surface area contributed by atoms with Crippen molar-refractivity contribution in [3.05, 3.63) is 24.3 Å². The summed E-state index contributed by atoms with van der Waals surface area (Å²) in [5.74, 6) is -0.847. The first-order chi connectivity index (χ1) is 40.5. The first-order valence-corrected chi connectivity index (χ1v) is 37.3. The predicted molar refractivity (Wildman–Crippen MR) is 358 cm³/mol. The highest BCUT2D eigenvalue weighted by Crippen LogP contribution is 2.19. The Kier molecular flexibility index (Phi) is 69.5. The maximum Gasteiger partial charge on any atom is 0.306 e. The molecule has 0 aliphatic heterocycles. The second-order valence-electron chi connectivity index (χ2n) is 25.6. The molecule has 0 spiro atoms. The molecule has 0 aliphatic rings. The van der Waals surface area contributed by atoms with Gasteiger partial charge in [0.2, 0.25) is 0 Å². The summed E-state index contributed by atoms with van der Waals surface area (Å²) in [6, 6.07) is 0. The maximum atomic E-state index is 13.0. The molecule has 0 heterocycles. The smallest absolute Gasteiger partial charge is 0.306 e. The van der Waals surface area contributed by atoms with Gasteiger partial charge in [0.1, 0.15) is 13.2 Å². The molecule has 0 radical (unpaired) electrons. The van der Waals surface area contributed by atoms with Crippen LogP contribution in [0.25, 0.3) is 0 Å². The predicted octanol–water partition coefficient (Wildman–Crippen LogP) is 25.7. The summed E-state index contributed by atoms with van der Waals surface area (Å²) in [5.41, 5.74) is 0. The Bertz CT molecular complexity index is 1320. The van der Waals surface area contributed by atoms with Crippen molar-refractivity contribution >= 4 is 17.9 Å². The van der Waals surface area contributed by atoms with Gasteiger partial charge in [0.15, 0.2) is 6.10 Å². The van der Waals surface area contributed by atoms with E-state index in [0.29, 0.717) is 19.3 Å². The summed E-state index contributed by atoms with van der Waals surface area (Å²) >= 11 is 0. The van der Waals surface area contributed by atoms with Crippen molar-refractivity contribution in [3.8, 4) is 0 Å². The van der Waals surface area contributed by atoms with Gasteiger partial charge >= 0.3 is 17.9 Å². The number of unbranched alkanes of at least 4 members (excludes halogenated alkanes) is 55. The molecule has 82 heavy (non-hydrogen) atoms. The van der Waals surface area contributed by atoms with Crippen molar-refractivity contribution in [2.45, 2.75) is 431 Å². The largest absolute Gasteiger partial charge is 0.462 e. The Morgan fingerprint density at radius 1 is 0.244 bits per heavy atom. The zero-order chi connectivity index (χ0) is 59.2. The number of hydrogen-bond acceptors (Lipinski definition) is 6. The molecule has 0 rings (SSSR count). The van der Waals surface area contributed by atoms with Crippen molar-refractivity contribution < 1.29 is 28.6 Å². The van der Waals surface area contributed by atoms with E-state index in [9.17, 15) is 14.4 Å². The third-order valence-corrected chi connectivity index (χ3v) is 17.2. The molecule has 0 N–H and O–H groups in total. The van der Waals surface area contributed by atoms with Gasteiger partial charge in [-0.3, -0.25) is 14.4 Å². The minimum absolute atomic E-state index is 0.0690. The van der Waals surface area contributed by atoms with E-state index in [2.05, 4.69) is 45.1 Å². The van der Waals surface area contributed by atoms with Crippen molar-refractivity contribution in [3.63, 3.8) is 0 Å². The second-order valence-corrected chi connectivity index (χ2v) is 25.6. The van der Waals surface area contributed by atoms with Gasteiger partial charge in [-0.05, 0) is 51.4 Å². The lowest BCUT2D eigenvalue weighted by Crippen LogP contribution is -2.30. The van der Waals surface area contributed by atoms with E-state index in [0.717, 1.165) is 77.0 Å². The van der Waals surface area contributed by atoms with Crippen LogP contribution in [0.4, 0.5) is 0 Å². The van der Waals surface area contributed by atoms with E-state index in [1.807, 2.05) is 0 Å². The van der Waals surface area contributed by atoms with Gasteiger partial charge < -0.3 is 14.2 Å². The number of carbonyl (C=O) groups excluding carboxylic acids is 3. The van der Waals surface area contributed by atoms with E-state index in [-0.39, 0.29) is 31.1 Å². The molecule has 0 aromatic rings. The summed E-state index contributed by atoms with van der Waals surface area (Å²) < 4.78 is 17.0. The quantitative estimate of drug-likeness (QED) is 0.0261. The Morgan fingerprint density at radius 3 is 0.695 bits per heavy atom. The molecule has 0 bridgehead atoms. The molecule has 0 amide bonds. The van der Waals surface area contributed by atoms with E-state index in [1.54, 1.807) is 0 Å². The Balaban J connectivity index is 4.23. The van der Waals surface area contributed by atoms with Crippen LogP contribution in [-0.4, -0.2) is 37.2 Å². The Morgan fingerprint density at radius 2 is 0.439 bits per heavy atom. The first-order valence-electron chi connectivity index (χ1n) is 37.3. The summed E-state index contributed by atoms with van der Waals surface area (Å²) in [5, 5.41) is 0. The van der Waals surface area contributed by atoms with Crippen LogP contribution in [0.15, 0.2) is 24.3 Å². The number of esters is 3. The fourth-order valence-electron chi connectivity index (χ4n) is 11.6. The van der Waals surface area contributed by atoms with Crippen LogP contribution in [0.3, 0.4) is 0 Å². The van der Waals surface area contributed by atoms with Gasteiger partial charge in [-0.15, -0.1) is 0 Å². The van der Waals surface area contributed by atoms with E-state index < -0.39 is 6.10 Å². The molecule has 6 heteroatoms. The highest BCUT2D eigenvalue weighted by molar-refractivity contribution is 5.71. The fourth-order valence-corrected chi connectivity index (χ4v) is 11.6. The average molecular weight is 1150 g/mol. The van der Waals surface area contributed by atoms with Gasteiger partial charge in [-0.1, -0.05) is 379 Å². The third-order valence-electron chi connectivity index (χ3n) is 17.2. The maximum absolute atomic E-state index is 13.0. The summed E-state index contributed by atoms with van der Waals surface area (Å²) in [7, 11) is 0. The lowest BCUT2D eigenvalue weighted by Gasteiger charge is -2.18. The van der Waals surface area contributed by atoms with E-state index in [4.69, 9.17) is 14.2 Å². The first kappa shape index (κ1) is 79.9. The highest BCUT2D eigenvalue weighted by Gasteiger charge is 2.20. The van der Waals surface area contributed by atoms with Gasteiger partial charge in [0, 0.05) is 19.3 Å². The molecule has 0 saturated carbocycles. The molecule has 1 unspecified atom stereocenters. The molecule has 6 nitrogen and oxygen atoms in total. The standard InChI is InChI=1S/C76H144O6/c1-4-7-10-13-16-19-22-25-28-30-32-34-36-38-40-41-43-45-48-51-54-57-60-63-66-69-75(78)81-72-73(71-80-74(77)68-65-62-59-56-53-50-47-27-24-21-18-15-12-9-6-3)82-76(79)70-67-64-61-58-55-52-49-46-44-42-39-37-35-33-31-29-26-23-20-17-14-11-8-5-2/h18,21,27,47,73H,4-17,19-20,22-26,28-46,48-72H2,1-3H3/b21-18-,47-27-. The fraction of sp³-hybridized carbons (Fsp3) is 0.908. The van der Waals surface area contributed by atoms with E-state index in [1.165, 1.54) is 308 Å². The monoisotopic (exact) mass is 1150 g/mol. The van der Waals surface area contributed by atoms with Crippen LogP contribution in [0.2, 0.25) is 0 Å². The molecule has 0 aliphatic carbocycles. The Hall–Kier alpha value is -2.11. The minimum atomic E-state index is -0.775. The van der Waals surface area contributed by atoms with Crippen molar-refractivity contribution in [2.75, 3.05) is 13.2 Å². The topological polar surface area (TPSA) is 78.9 Å². The molecule has 484 valence electrons. The number of carbonyl (C=O) groups is 3. The lowest BCUT2D eigenvalue weighted by atomic mass is 10.0. The Labute approximate surface area is 513 Å². The van der Waals surface area contributed by atoms with Gasteiger partial charge in [-0.2, -0.15) is 0 Å². The van der Waals surface area contributed by atoms with Gasteiger partial charge in [0.25, 0.3) is 0 Å². The number of rotatable bonds is 70. The summed E-state index contributed by atoms with van der Waals surface area (Å²) in [6.07, 6.45) is 88.0. The van der Waals surface area contributed by atoms with Crippen LogP contribution in [0.1, 0.15) is 425 Å².